The van der Waals surface area contributed by atoms with Crippen LogP contribution >= 0.6 is 24.8 Å². The maximum absolute atomic E-state index is 11.2. The molecule has 2 heterocycles. The molecule has 0 spiro atoms. The van der Waals surface area contributed by atoms with Crippen molar-refractivity contribution in [2.75, 3.05) is 7.11 Å². The molecule has 15 heavy (non-hydrogen) atoms. The van der Waals surface area contributed by atoms with E-state index in [2.05, 4.69) is 15.0 Å². The second-order valence-electron chi connectivity index (χ2n) is 2.98. The third-order valence-electron chi connectivity index (χ3n) is 2.25. The van der Waals surface area contributed by atoms with Crippen molar-refractivity contribution in [2.45, 2.75) is 13.1 Å². The second kappa shape index (κ2) is 5.34. The van der Waals surface area contributed by atoms with Gasteiger partial charge in [-0.25, -0.2) is 9.78 Å². The van der Waals surface area contributed by atoms with Gasteiger partial charge in [0.2, 0.25) is 5.82 Å². The first-order chi connectivity index (χ1) is 6.24. The van der Waals surface area contributed by atoms with E-state index in [0.717, 1.165) is 24.5 Å². The first-order valence-electron chi connectivity index (χ1n) is 4.07. The lowest BCUT2D eigenvalue weighted by atomic mass is 10.4. The first kappa shape index (κ1) is 14.2. The standard InChI is InChI=1S/C8H11N3O2.2ClH/c1-11-6-4-9-3-5(6)10-7(11)8(12)13-2;;/h9H,3-4H2,1-2H3;2*1H. The highest BCUT2D eigenvalue weighted by Crippen LogP contribution is 2.15. The van der Waals surface area contributed by atoms with Crippen molar-refractivity contribution in [2.24, 2.45) is 7.05 Å². The van der Waals surface area contributed by atoms with Crippen LogP contribution in [-0.4, -0.2) is 22.6 Å². The summed E-state index contributed by atoms with van der Waals surface area (Å²) in [5, 5.41) is 3.16. The number of methoxy groups -OCH3 is 1. The molecule has 1 N–H and O–H groups in total. The number of fused-ring (bicyclic) bond motifs is 1. The van der Waals surface area contributed by atoms with Gasteiger partial charge in [-0.05, 0) is 0 Å². The Morgan fingerprint density at radius 2 is 2.13 bits per heavy atom. The summed E-state index contributed by atoms with van der Waals surface area (Å²) in [6.07, 6.45) is 0. The molecule has 0 aromatic carbocycles. The molecule has 1 aromatic rings. The van der Waals surface area contributed by atoms with Gasteiger partial charge in [-0.2, -0.15) is 0 Å². The molecular weight excluding hydrogens is 241 g/mol. The molecular formula is C8H13Cl2N3O2. The average Bonchev–Trinajstić information content (AvgIpc) is 2.68. The number of carbonyl (C=O) groups excluding carboxylic acids is 1. The van der Waals surface area contributed by atoms with E-state index in [1.165, 1.54) is 7.11 Å². The van der Waals surface area contributed by atoms with E-state index >= 15 is 0 Å². The predicted octanol–water partition coefficient (Wildman–Crippen LogP) is 0.653. The van der Waals surface area contributed by atoms with E-state index in [9.17, 15) is 4.79 Å². The van der Waals surface area contributed by atoms with Crippen LogP contribution in [0.2, 0.25) is 0 Å². The zero-order valence-electron chi connectivity index (χ0n) is 8.44. The van der Waals surface area contributed by atoms with Gasteiger partial charge < -0.3 is 14.6 Å². The van der Waals surface area contributed by atoms with Crippen LogP contribution in [0.5, 0.6) is 0 Å². The van der Waals surface area contributed by atoms with Crippen LogP contribution < -0.4 is 5.32 Å². The Hall–Kier alpha value is -0.780. The lowest BCUT2D eigenvalue weighted by Gasteiger charge is -2.01. The Bertz CT molecular complexity index is 365. The fourth-order valence-electron chi connectivity index (χ4n) is 1.52. The van der Waals surface area contributed by atoms with Gasteiger partial charge in [-0.3, -0.25) is 0 Å². The van der Waals surface area contributed by atoms with Crippen molar-refractivity contribution >= 4 is 30.8 Å². The number of esters is 1. The molecule has 1 aliphatic heterocycles. The minimum absolute atomic E-state index is 0. The summed E-state index contributed by atoms with van der Waals surface area (Å²) in [4.78, 5) is 15.4. The highest BCUT2D eigenvalue weighted by atomic mass is 35.5. The van der Waals surface area contributed by atoms with Crippen LogP contribution in [0.15, 0.2) is 0 Å². The molecule has 1 aromatic heterocycles. The summed E-state index contributed by atoms with van der Waals surface area (Å²) in [5.74, 6) is 0.00546. The smallest absolute Gasteiger partial charge is 0.374 e. The Labute approximate surface area is 100 Å². The van der Waals surface area contributed by atoms with Crippen molar-refractivity contribution in [3.63, 3.8) is 0 Å². The quantitative estimate of drug-likeness (QED) is 0.748. The van der Waals surface area contributed by atoms with E-state index < -0.39 is 0 Å². The fraction of sp³-hybridized carbons (Fsp3) is 0.500. The largest absolute Gasteiger partial charge is 0.463 e. The highest BCUT2D eigenvalue weighted by molar-refractivity contribution is 5.86. The van der Waals surface area contributed by atoms with Crippen molar-refractivity contribution < 1.29 is 9.53 Å². The molecule has 2 rings (SSSR count). The number of ether oxygens (including phenoxy) is 1. The molecule has 86 valence electrons. The molecule has 0 bridgehead atoms. The minimum atomic E-state index is -0.378. The van der Waals surface area contributed by atoms with Gasteiger partial charge in [-0.15, -0.1) is 24.8 Å². The number of hydrogen-bond donors (Lipinski definition) is 1. The summed E-state index contributed by atoms with van der Waals surface area (Å²) >= 11 is 0. The molecule has 0 radical (unpaired) electrons. The Kier molecular flexibility index (Phi) is 5.07. The van der Waals surface area contributed by atoms with E-state index in [1.54, 1.807) is 4.57 Å². The minimum Gasteiger partial charge on any atom is -0.463 e. The second-order valence-corrected chi connectivity index (χ2v) is 2.98. The van der Waals surface area contributed by atoms with Crippen molar-refractivity contribution in [3.05, 3.63) is 17.2 Å². The van der Waals surface area contributed by atoms with Gasteiger partial charge in [-0.1, -0.05) is 0 Å². The first-order valence-corrected chi connectivity index (χ1v) is 4.07. The lowest BCUT2D eigenvalue weighted by Crippen LogP contribution is -2.13. The third-order valence-corrected chi connectivity index (χ3v) is 2.25. The number of nitrogens with zero attached hydrogens (tertiary/aromatic N) is 2. The molecule has 0 saturated carbocycles. The molecule has 0 saturated heterocycles. The molecule has 0 unspecified atom stereocenters. The highest BCUT2D eigenvalue weighted by Gasteiger charge is 2.22. The monoisotopic (exact) mass is 253 g/mol. The van der Waals surface area contributed by atoms with Gasteiger partial charge in [0, 0.05) is 20.1 Å². The molecule has 0 aliphatic carbocycles. The van der Waals surface area contributed by atoms with Gasteiger partial charge in [0.15, 0.2) is 0 Å². The normalized spacial score (nSPS) is 12.4. The molecule has 5 nitrogen and oxygen atoms in total. The Morgan fingerprint density at radius 3 is 2.67 bits per heavy atom. The van der Waals surface area contributed by atoms with Gasteiger partial charge >= 0.3 is 5.97 Å². The van der Waals surface area contributed by atoms with Gasteiger partial charge in [0.25, 0.3) is 0 Å². The third kappa shape index (κ3) is 2.25. The summed E-state index contributed by atoms with van der Waals surface area (Å²) in [6.45, 7) is 1.51. The topological polar surface area (TPSA) is 56.1 Å². The number of halogens is 2. The molecule has 0 atom stereocenters. The predicted molar refractivity (Wildman–Crippen MR) is 59.6 cm³/mol. The van der Waals surface area contributed by atoms with Crippen LogP contribution in [0.25, 0.3) is 0 Å². The summed E-state index contributed by atoms with van der Waals surface area (Å²) in [6, 6.07) is 0. The maximum atomic E-state index is 11.2. The van der Waals surface area contributed by atoms with E-state index in [1.807, 2.05) is 7.05 Å². The van der Waals surface area contributed by atoms with E-state index in [-0.39, 0.29) is 30.8 Å². The van der Waals surface area contributed by atoms with Crippen molar-refractivity contribution in [1.29, 1.82) is 0 Å². The van der Waals surface area contributed by atoms with Crippen molar-refractivity contribution in [1.82, 2.24) is 14.9 Å². The summed E-state index contributed by atoms with van der Waals surface area (Å²) < 4.78 is 6.39. The molecule has 1 aliphatic rings. The number of rotatable bonds is 1. The summed E-state index contributed by atoms with van der Waals surface area (Å²) in [7, 11) is 3.19. The van der Waals surface area contributed by atoms with E-state index in [4.69, 9.17) is 0 Å². The number of carbonyl (C=O) groups is 1. The lowest BCUT2D eigenvalue weighted by molar-refractivity contribution is 0.0582. The van der Waals surface area contributed by atoms with E-state index in [0.29, 0.717) is 5.82 Å². The van der Waals surface area contributed by atoms with Crippen LogP contribution in [0.4, 0.5) is 0 Å². The van der Waals surface area contributed by atoms with Crippen LogP contribution in [0.3, 0.4) is 0 Å². The number of aromatic nitrogens is 2. The van der Waals surface area contributed by atoms with Crippen molar-refractivity contribution in [3.8, 4) is 0 Å². The van der Waals surface area contributed by atoms with Crippen LogP contribution in [0, 0.1) is 0 Å². The average molecular weight is 254 g/mol. The zero-order valence-corrected chi connectivity index (χ0v) is 10.1. The Morgan fingerprint density at radius 1 is 1.47 bits per heavy atom. The summed E-state index contributed by atoms with van der Waals surface area (Å²) in [5.41, 5.74) is 2.02. The SMILES string of the molecule is COC(=O)c1nc2c(n1C)CNC2.Cl.Cl. The fourth-order valence-corrected chi connectivity index (χ4v) is 1.52. The van der Waals surface area contributed by atoms with Crippen LogP contribution in [0.1, 0.15) is 22.0 Å². The number of hydrogen-bond acceptors (Lipinski definition) is 4. The van der Waals surface area contributed by atoms with Gasteiger partial charge in [0.1, 0.15) is 0 Å². The molecule has 0 fully saturated rings. The number of nitrogens with one attached hydrogen (secondary N) is 1. The van der Waals surface area contributed by atoms with Crippen LogP contribution in [-0.2, 0) is 24.9 Å². The number of imidazole rings is 1. The van der Waals surface area contributed by atoms with Gasteiger partial charge in [0.05, 0.1) is 18.5 Å². The zero-order chi connectivity index (χ0) is 9.42. The maximum Gasteiger partial charge on any atom is 0.374 e. The molecule has 0 amide bonds. The Balaban J connectivity index is 0.000000980. The molecule has 7 heteroatoms.